The molecular weight excluding hydrogens is 462 g/mol. The Labute approximate surface area is 217 Å². The van der Waals surface area contributed by atoms with Crippen LogP contribution >= 0.6 is 0 Å². The van der Waals surface area contributed by atoms with Gasteiger partial charge in [0.15, 0.2) is 0 Å². The van der Waals surface area contributed by atoms with Crippen molar-refractivity contribution in [2.45, 2.75) is 25.8 Å². The third-order valence-electron chi connectivity index (χ3n) is 7.05. The number of para-hydroxylation sites is 1. The molecule has 2 heterocycles. The Morgan fingerprint density at radius 1 is 0.973 bits per heavy atom. The molecule has 3 aromatic rings. The van der Waals surface area contributed by atoms with E-state index in [1.165, 1.54) is 11.1 Å². The van der Waals surface area contributed by atoms with Gasteiger partial charge in [0.2, 0.25) is 11.8 Å². The van der Waals surface area contributed by atoms with Crippen LogP contribution in [0, 0.1) is 0 Å². The van der Waals surface area contributed by atoms with E-state index in [1.807, 2.05) is 56.3 Å². The first-order valence-electron chi connectivity index (χ1n) is 12.6. The van der Waals surface area contributed by atoms with Crippen LogP contribution in [0.4, 0.5) is 11.4 Å². The molecule has 0 saturated heterocycles. The van der Waals surface area contributed by atoms with Crippen molar-refractivity contribution < 1.29 is 9.53 Å². The third kappa shape index (κ3) is 3.87. The van der Waals surface area contributed by atoms with E-state index in [9.17, 15) is 4.79 Å². The molecule has 0 aromatic heterocycles. The van der Waals surface area contributed by atoms with Gasteiger partial charge in [-0.3, -0.25) is 4.90 Å². The van der Waals surface area contributed by atoms with E-state index in [-0.39, 0.29) is 18.5 Å². The van der Waals surface area contributed by atoms with Crippen molar-refractivity contribution in [1.29, 1.82) is 0 Å². The molecule has 1 aliphatic carbocycles. The van der Waals surface area contributed by atoms with Gasteiger partial charge < -0.3 is 9.64 Å². The molecule has 0 spiro atoms. The van der Waals surface area contributed by atoms with E-state index < -0.39 is 5.97 Å². The minimum absolute atomic E-state index is 0.232. The molecule has 7 heteroatoms. The molecule has 6 rings (SSSR count). The van der Waals surface area contributed by atoms with Crippen molar-refractivity contribution >= 4 is 34.8 Å². The number of aryl methyl sites for hydroxylation is 1. The molecule has 0 fully saturated rings. The normalized spacial score (nSPS) is 18.0. The van der Waals surface area contributed by atoms with Crippen LogP contribution in [0.5, 0.6) is 0 Å². The lowest BCUT2D eigenvalue weighted by Gasteiger charge is -2.39. The number of amidine groups is 1. The number of carbonyl (C=O) groups excluding carboxylic acids is 1. The SMILES string of the molecule is CCOC(=O)C1=NN(c2ccccc2)C2=NC3=C(CCc4ccccc43)[C@@H](c3ccc(N(C)C)cc3)N12. The average Bonchev–Trinajstić information content (AvgIpc) is 3.32. The maximum Gasteiger partial charge on any atom is 0.376 e. The van der Waals surface area contributed by atoms with Gasteiger partial charge in [-0.1, -0.05) is 54.6 Å². The first kappa shape index (κ1) is 23.0. The van der Waals surface area contributed by atoms with Gasteiger partial charge in [0, 0.05) is 25.3 Å². The summed E-state index contributed by atoms with van der Waals surface area (Å²) in [5.41, 5.74) is 7.61. The molecule has 37 heavy (non-hydrogen) atoms. The predicted molar refractivity (Wildman–Crippen MR) is 147 cm³/mol. The van der Waals surface area contributed by atoms with Gasteiger partial charge in [0.1, 0.15) is 0 Å². The van der Waals surface area contributed by atoms with Crippen molar-refractivity contribution in [2.75, 3.05) is 30.6 Å². The Morgan fingerprint density at radius 3 is 2.43 bits per heavy atom. The summed E-state index contributed by atoms with van der Waals surface area (Å²) < 4.78 is 5.47. The Hall–Kier alpha value is -4.39. The Balaban J connectivity index is 1.57. The number of aliphatic imine (C=N–C) groups is 1. The molecule has 0 bridgehead atoms. The van der Waals surface area contributed by atoms with E-state index in [2.05, 4.69) is 53.4 Å². The minimum Gasteiger partial charge on any atom is -0.460 e. The first-order chi connectivity index (χ1) is 18.1. The quantitative estimate of drug-likeness (QED) is 0.458. The Kier molecular flexibility index (Phi) is 5.75. The molecule has 186 valence electrons. The van der Waals surface area contributed by atoms with Gasteiger partial charge >= 0.3 is 5.97 Å². The van der Waals surface area contributed by atoms with Crippen LogP contribution in [0.2, 0.25) is 0 Å². The van der Waals surface area contributed by atoms with Crippen molar-refractivity contribution in [3.63, 3.8) is 0 Å². The lowest BCUT2D eigenvalue weighted by molar-refractivity contribution is -0.135. The number of guanidine groups is 1. The molecule has 0 unspecified atom stereocenters. The number of nitrogens with zero attached hydrogens (tertiary/aromatic N) is 5. The zero-order valence-corrected chi connectivity index (χ0v) is 21.3. The second-order valence-electron chi connectivity index (χ2n) is 9.49. The fourth-order valence-corrected chi connectivity index (χ4v) is 5.29. The second kappa shape index (κ2) is 9.24. The summed E-state index contributed by atoms with van der Waals surface area (Å²) >= 11 is 0. The molecule has 7 nitrogen and oxygen atoms in total. The lowest BCUT2D eigenvalue weighted by Crippen LogP contribution is -2.46. The molecule has 3 aromatic carbocycles. The van der Waals surface area contributed by atoms with Crippen LogP contribution < -0.4 is 9.91 Å². The number of carbonyl (C=O) groups is 1. The van der Waals surface area contributed by atoms with Crippen molar-refractivity contribution in [3.05, 3.63) is 101 Å². The van der Waals surface area contributed by atoms with Gasteiger partial charge in [-0.15, -0.1) is 5.10 Å². The molecule has 0 amide bonds. The van der Waals surface area contributed by atoms with Gasteiger partial charge in [0.05, 0.1) is 24.0 Å². The molecule has 2 aliphatic heterocycles. The van der Waals surface area contributed by atoms with Gasteiger partial charge in [0.25, 0.3) is 0 Å². The number of esters is 1. The van der Waals surface area contributed by atoms with Crippen LogP contribution in [0.3, 0.4) is 0 Å². The third-order valence-corrected chi connectivity index (χ3v) is 7.05. The number of anilines is 2. The van der Waals surface area contributed by atoms with Gasteiger partial charge in [-0.25, -0.2) is 9.79 Å². The molecule has 0 N–H and O–H groups in total. The van der Waals surface area contributed by atoms with E-state index in [0.29, 0.717) is 5.96 Å². The maximum absolute atomic E-state index is 13.3. The summed E-state index contributed by atoms with van der Waals surface area (Å²) in [6.07, 6.45) is 1.77. The van der Waals surface area contributed by atoms with Gasteiger partial charge in [-0.05, 0) is 60.7 Å². The highest BCUT2D eigenvalue weighted by Gasteiger charge is 2.46. The van der Waals surface area contributed by atoms with Crippen molar-refractivity contribution in [3.8, 4) is 0 Å². The molecule has 0 radical (unpaired) electrons. The fourth-order valence-electron chi connectivity index (χ4n) is 5.29. The largest absolute Gasteiger partial charge is 0.460 e. The zero-order chi connectivity index (χ0) is 25.5. The van der Waals surface area contributed by atoms with Crippen LogP contribution in [0.15, 0.2) is 94.5 Å². The van der Waals surface area contributed by atoms with Crippen LogP contribution in [0.1, 0.15) is 36.1 Å². The summed E-state index contributed by atoms with van der Waals surface area (Å²) in [5.74, 6) is 0.395. The van der Waals surface area contributed by atoms with Crippen molar-refractivity contribution in [1.82, 2.24) is 4.90 Å². The van der Waals surface area contributed by atoms with E-state index in [4.69, 9.17) is 14.8 Å². The summed E-state index contributed by atoms with van der Waals surface area (Å²) in [6.45, 7) is 2.08. The van der Waals surface area contributed by atoms with Crippen LogP contribution in [0.25, 0.3) is 5.70 Å². The smallest absolute Gasteiger partial charge is 0.376 e. The Morgan fingerprint density at radius 2 is 1.70 bits per heavy atom. The van der Waals surface area contributed by atoms with E-state index >= 15 is 0 Å². The average molecular weight is 492 g/mol. The summed E-state index contributed by atoms with van der Waals surface area (Å²) in [4.78, 5) is 22.5. The first-order valence-corrected chi connectivity index (χ1v) is 12.6. The van der Waals surface area contributed by atoms with Gasteiger partial charge in [-0.2, -0.15) is 5.01 Å². The van der Waals surface area contributed by atoms with Crippen LogP contribution in [-0.4, -0.2) is 43.4 Å². The van der Waals surface area contributed by atoms with E-state index in [1.54, 1.807) is 5.01 Å². The summed E-state index contributed by atoms with van der Waals surface area (Å²) in [5, 5.41) is 6.55. The highest BCUT2D eigenvalue weighted by molar-refractivity contribution is 6.41. The second-order valence-corrected chi connectivity index (χ2v) is 9.49. The number of hydrazone groups is 1. The topological polar surface area (TPSA) is 60.7 Å². The molecule has 0 saturated carbocycles. The highest BCUT2D eigenvalue weighted by atomic mass is 16.5. The number of benzene rings is 3. The monoisotopic (exact) mass is 491 g/mol. The number of rotatable bonds is 5. The van der Waals surface area contributed by atoms with E-state index in [0.717, 1.165) is 41.0 Å². The minimum atomic E-state index is -0.455. The molecular formula is C30H29N5O2. The summed E-state index contributed by atoms with van der Waals surface area (Å²) in [7, 11) is 4.06. The fraction of sp³-hybridized carbons (Fsp3) is 0.233. The number of hydrogen-bond donors (Lipinski definition) is 0. The Bertz CT molecular complexity index is 1440. The number of fused-ring (bicyclic) bond motifs is 3. The lowest BCUT2D eigenvalue weighted by atomic mass is 9.82. The standard InChI is InChI=1S/C30H29N5O2/c1-4-37-29(36)28-32-35(23-11-6-5-7-12-23)30-31-26-24-13-9-8-10-20(24)16-19-25(26)27(34(28)30)21-14-17-22(18-15-21)33(2)3/h5-15,17-18,27H,4,16,19H2,1-3H3/t27-/m1/s1. The number of ether oxygens (including phenoxy) is 1. The van der Waals surface area contributed by atoms with Crippen LogP contribution in [-0.2, 0) is 16.0 Å². The predicted octanol–water partition coefficient (Wildman–Crippen LogP) is 5.22. The zero-order valence-electron chi connectivity index (χ0n) is 21.3. The molecule has 3 aliphatic rings. The maximum atomic E-state index is 13.3. The molecule has 1 atom stereocenters. The highest BCUT2D eigenvalue weighted by Crippen LogP contribution is 2.47. The summed E-state index contributed by atoms with van der Waals surface area (Å²) in [6, 6.07) is 26.6. The van der Waals surface area contributed by atoms with Crippen molar-refractivity contribution in [2.24, 2.45) is 10.1 Å². The number of hydrogen-bond acceptors (Lipinski definition) is 7.